The first-order chi connectivity index (χ1) is 19.5. The number of morpholine rings is 1. The van der Waals surface area contributed by atoms with Gasteiger partial charge < -0.3 is 30.5 Å². The van der Waals surface area contributed by atoms with Gasteiger partial charge in [-0.05, 0) is 36.8 Å². The van der Waals surface area contributed by atoms with Crippen LogP contribution in [0, 0.1) is 0 Å². The lowest BCUT2D eigenvalue weighted by molar-refractivity contribution is -0.130. The van der Waals surface area contributed by atoms with Crippen molar-refractivity contribution in [1.82, 2.24) is 19.9 Å². The second kappa shape index (κ2) is 12.6. The first kappa shape index (κ1) is 27.1. The zero-order valence-electron chi connectivity index (χ0n) is 22.6. The molecule has 2 fully saturated rings. The molecule has 3 N–H and O–H groups in total. The number of carbonyl (C=O) groups excluding carboxylic acids is 2. The Morgan fingerprint density at radius 1 is 0.975 bits per heavy atom. The van der Waals surface area contributed by atoms with Gasteiger partial charge in [-0.3, -0.25) is 9.59 Å². The minimum Gasteiger partial charge on any atom is -0.378 e. The molecule has 0 bridgehead atoms. The lowest BCUT2D eigenvalue weighted by Gasteiger charge is -2.37. The zero-order valence-corrected chi connectivity index (χ0v) is 22.6. The van der Waals surface area contributed by atoms with Crippen LogP contribution in [0.2, 0.25) is 0 Å². The highest BCUT2D eigenvalue weighted by Crippen LogP contribution is 2.29. The largest absolute Gasteiger partial charge is 0.378 e. The number of nitrogens with one attached hydrogen (secondary N) is 1. The maximum atomic E-state index is 13.1. The van der Waals surface area contributed by atoms with E-state index in [4.69, 9.17) is 15.5 Å². The molecule has 0 spiro atoms. The topological polar surface area (TPSA) is 130 Å². The predicted octanol–water partition coefficient (Wildman–Crippen LogP) is 2.36. The molecule has 40 heavy (non-hydrogen) atoms. The molecule has 0 atom stereocenters. The van der Waals surface area contributed by atoms with Crippen LogP contribution in [-0.2, 0) is 20.7 Å². The standard InChI is InChI=1S/C29H34N8O3/c1-2-3-27(38)33-23-6-4-21(5-7-23)16-28(39)37-10-8-35(9-11-37)24-17-25(22-19-31-29(30)32-20-22)34-26(18-24)36-12-14-40-15-13-36/h2-7,17-20H,8-16H2,1H3,(H,33,38)(H2,30,31,32)/b3-2+. The molecular weight excluding hydrogens is 508 g/mol. The summed E-state index contributed by atoms with van der Waals surface area (Å²) in [6.45, 7) is 7.37. The van der Waals surface area contributed by atoms with Crippen LogP contribution in [0.1, 0.15) is 12.5 Å². The lowest BCUT2D eigenvalue weighted by atomic mass is 10.1. The number of piperazine rings is 1. The molecule has 2 aliphatic rings. The third-order valence-electron chi connectivity index (χ3n) is 6.99. The number of aromatic nitrogens is 3. The summed E-state index contributed by atoms with van der Waals surface area (Å²) < 4.78 is 5.53. The van der Waals surface area contributed by atoms with Gasteiger partial charge in [0.2, 0.25) is 17.8 Å². The van der Waals surface area contributed by atoms with Gasteiger partial charge in [0.25, 0.3) is 0 Å². The Hall–Kier alpha value is -4.51. The van der Waals surface area contributed by atoms with Crippen LogP contribution in [0.25, 0.3) is 11.3 Å². The average Bonchev–Trinajstić information content (AvgIpc) is 2.99. The Kier molecular flexibility index (Phi) is 8.50. The van der Waals surface area contributed by atoms with Crippen molar-refractivity contribution in [3.05, 3.63) is 66.5 Å². The Balaban J connectivity index is 1.24. The van der Waals surface area contributed by atoms with Gasteiger partial charge in [0.1, 0.15) is 5.82 Å². The molecular formula is C29H34N8O3. The molecule has 4 heterocycles. The summed E-state index contributed by atoms with van der Waals surface area (Å²) in [7, 11) is 0. The minimum absolute atomic E-state index is 0.0915. The van der Waals surface area contributed by atoms with Gasteiger partial charge in [0.15, 0.2) is 0 Å². The number of hydrogen-bond acceptors (Lipinski definition) is 9. The predicted molar refractivity (Wildman–Crippen MR) is 155 cm³/mol. The van der Waals surface area contributed by atoms with Crippen LogP contribution in [-0.4, -0.2) is 84.1 Å². The maximum absolute atomic E-state index is 13.1. The Bertz CT molecular complexity index is 1350. The van der Waals surface area contributed by atoms with Gasteiger partial charge in [-0.2, -0.15) is 0 Å². The normalized spacial score (nSPS) is 15.9. The number of pyridine rings is 1. The Morgan fingerprint density at radius 2 is 1.68 bits per heavy atom. The molecule has 2 aromatic heterocycles. The first-order valence-electron chi connectivity index (χ1n) is 13.5. The molecule has 2 aliphatic heterocycles. The van der Waals surface area contributed by atoms with E-state index < -0.39 is 0 Å². The highest BCUT2D eigenvalue weighted by atomic mass is 16.5. The highest BCUT2D eigenvalue weighted by Gasteiger charge is 2.23. The number of rotatable bonds is 7. The maximum Gasteiger partial charge on any atom is 0.248 e. The van der Waals surface area contributed by atoms with E-state index in [9.17, 15) is 9.59 Å². The average molecular weight is 543 g/mol. The molecule has 208 valence electrons. The van der Waals surface area contributed by atoms with E-state index in [2.05, 4.69) is 31.2 Å². The smallest absolute Gasteiger partial charge is 0.248 e. The molecule has 2 amide bonds. The number of nitrogens with zero attached hydrogens (tertiary/aromatic N) is 6. The van der Waals surface area contributed by atoms with Gasteiger partial charge in [0.05, 0.1) is 25.3 Å². The summed E-state index contributed by atoms with van der Waals surface area (Å²) in [6, 6.07) is 11.6. The van der Waals surface area contributed by atoms with Crippen LogP contribution in [0.3, 0.4) is 0 Å². The lowest BCUT2D eigenvalue weighted by Crippen LogP contribution is -2.49. The fraction of sp³-hybridized carbons (Fsp3) is 0.345. The third-order valence-corrected chi connectivity index (χ3v) is 6.99. The summed E-state index contributed by atoms with van der Waals surface area (Å²) in [4.78, 5) is 44.4. The summed E-state index contributed by atoms with van der Waals surface area (Å²) in [5.74, 6) is 1.02. The molecule has 11 heteroatoms. The van der Waals surface area contributed by atoms with E-state index in [0.717, 1.165) is 41.4 Å². The molecule has 0 saturated carbocycles. The fourth-order valence-electron chi connectivity index (χ4n) is 4.80. The number of hydrogen-bond donors (Lipinski definition) is 2. The van der Waals surface area contributed by atoms with E-state index in [1.165, 1.54) is 6.08 Å². The van der Waals surface area contributed by atoms with Gasteiger partial charge in [-0.15, -0.1) is 0 Å². The summed E-state index contributed by atoms with van der Waals surface area (Å²) >= 11 is 0. The highest BCUT2D eigenvalue weighted by molar-refractivity contribution is 5.99. The number of amides is 2. The number of nitrogens with two attached hydrogens (primary N) is 1. The SMILES string of the molecule is C/C=C/C(=O)Nc1ccc(CC(=O)N2CCN(c3cc(-c4cnc(N)nc4)nc(N4CCOCC4)c3)CC2)cc1. The van der Waals surface area contributed by atoms with Crippen LogP contribution in [0.5, 0.6) is 0 Å². The van der Waals surface area contributed by atoms with Crippen molar-refractivity contribution in [3.8, 4) is 11.3 Å². The second-order valence-corrected chi connectivity index (χ2v) is 9.73. The van der Waals surface area contributed by atoms with Crippen LogP contribution in [0.15, 0.2) is 60.9 Å². The summed E-state index contributed by atoms with van der Waals surface area (Å²) in [5.41, 5.74) is 9.94. The molecule has 2 saturated heterocycles. The molecule has 0 radical (unpaired) electrons. The van der Waals surface area contributed by atoms with E-state index >= 15 is 0 Å². The summed E-state index contributed by atoms with van der Waals surface area (Å²) in [5, 5.41) is 2.80. The van der Waals surface area contributed by atoms with Gasteiger partial charge >= 0.3 is 0 Å². The number of carbonyl (C=O) groups is 2. The van der Waals surface area contributed by atoms with E-state index in [1.54, 1.807) is 25.4 Å². The van der Waals surface area contributed by atoms with Crippen molar-refractivity contribution in [2.75, 3.05) is 73.3 Å². The molecule has 5 rings (SSSR count). The van der Waals surface area contributed by atoms with Crippen molar-refractivity contribution < 1.29 is 14.3 Å². The van der Waals surface area contributed by atoms with Crippen LogP contribution < -0.4 is 20.9 Å². The summed E-state index contributed by atoms with van der Waals surface area (Å²) in [6.07, 6.45) is 6.86. The van der Waals surface area contributed by atoms with E-state index in [0.29, 0.717) is 51.5 Å². The van der Waals surface area contributed by atoms with Crippen molar-refractivity contribution in [2.24, 2.45) is 0 Å². The van der Waals surface area contributed by atoms with Crippen LogP contribution in [0.4, 0.5) is 23.1 Å². The van der Waals surface area contributed by atoms with E-state index in [-0.39, 0.29) is 17.8 Å². The second-order valence-electron chi connectivity index (χ2n) is 9.73. The molecule has 1 aromatic carbocycles. The van der Waals surface area contributed by atoms with Crippen molar-refractivity contribution in [3.63, 3.8) is 0 Å². The third kappa shape index (κ3) is 6.73. The number of benzene rings is 1. The van der Waals surface area contributed by atoms with Crippen molar-refractivity contribution in [1.29, 1.82) is 0 Å². The first-order valence-corrected chi connectivity index (χ1v) is 13.5. The Morgan fingerprint density at radius 3 is 2.35 bits per heavy atom. The fourth-order valence-corrected chi connectivity index (χ4v) is 4.80. The van der Waals surface area contributed by atoms with Gasteiger partial charge in [0, 0.05) is 74.7 Å². The molecule has 3 aromatic rings. The number of nitrogen functional groups attached to an aromatic ring is 1. The van der Waals surface area contributed by atoms with Gasteiger partial charge in [-0.25, -0.2) is 15.0 Å². The molecule has 0 aliphatic carbocycles. The van der Waals surface area contributed by atoms with E-state index in [1.807, 2.05) is 35.2 Å². The van der Waals surface area contributed by atoms with Crippen molar-refractivity contribution >= 4 is 35.0 Å². The Labute approximate surface area is 233 Å². The molecule has 0 unspecified atom stereocenters. The van der Waals surface area contributed by atoms with Gasteiger partial charge in [-0.1, -0.05) is 18.2 Å². The monoisotopic (exact) mass is 542 g/mol. The number of anilines is 4. The number of ether oxygens (including phenoxy) is 1. The molecule has 11 nitrogen and oxygen atoms in total. The number of allylic oxidation sites excluding steroid dienone is 1. The van der Waals surface area contributed by atoms with Crippen LogP contribution >= 0.6 is 0 Å². The minimum atomic E-state index is -0.176. The zero-order chi connectivity index (χ0) is 27.9. The quantitative estimate of drug-likeness (QED) is 0.432. The van der Waals surface area contributed by atoms with Crippen molar-refractivity contribution in [2.45, 2.75) is 13.3 Å².